The summed E-state index contributed by atoms with van der Waals surface area (Å²) in [6, 6.07) is 15.9. The number of halogens is 1. The highest BCUT2D eigenvalue weighted by Gasteiger charge is 2.12. The minimum Gasteiger partial charge on any atom is -0.369 e. The van der Waals surface area contributed by atoms with E-state index in [1.807, 2.05) is 42.5 Å². The van der Waals surface area contributed by atoms with Crippen LogP contribution in [0.15, 0.2) is 48.5 Å². The molecular weight excluding hydrogens is 356 g/mol. The molecule has 1 aliphatic rings. The van der Waals surface area contributed by atoms with Crippen molar-refractivity contribution in [3.63, 3.8) is 0 Å². The van der Waals surface area contributed by atoms with E-state index < -0.39 is 0 Å². The van der Waals surface area contributed by atoms with Gasteiger partial charge in [-0.25, -0.2) is 9.97 Å². The van der Waals surface area contributed by atoms with Gasteiger partial charge in [0, 0.05) is 17.5 Å². The molecule has 27 heavy (non-hydrogen) atoms. The van der Waals surface area contributed by atoms with Crippen LogP contribution >= 0.6 is 11.6 Å². The quantitative estimate of drug-likeness (QED) is 0.594. The van der Waals surface area contributed by atoms with Crippen LogP contribution in [0.4, 0.5) is 5.82 Å². The number of nitrogens with one attached hydrogen (secondary N) is 1. The van der Waals surface area contributed by atoms with Crippen molar-refractivity contribution in [3.8, 4) is 11.4 Å². The van der Waals surface area contributed by atoms with Crippen molar-refractivity contribution in [2.24, 2.45) is 0 Å². The van der Waals surface area contributed by atoms with E-state index in [-0.39, 0.29) is 0 Å². The topological polar surface area (TPSA) is 41.1 Å². The number of hydrogen-bond donors (Lipinski definition) is 1. The molecule has 0 aliphatic carbocycles. The van der Waals surface area contributed by atoms with E-state index in [1.165, 1.54) is 32.4 Å². The van der Waals surface area contributed by atoms with Gasteiger partial charge in [-0.15, -0.1) is 0 Å². The maximum Gasteiger partial charge on any atom is 0.163 e. The maximum absolute atomic E-state index is 6.37. The first-order valence-corrected chi connectivity index (χ1v) is 10.2. The van der Waals surface area contributed by atoms with Crippen molar-refractivity contribution in [1.29, 1.82) is 0 Å². The van der Waals surface area contributed by atoms with E-state index in [1.54, 1.807) is 0 Å². The highest BCUT2D eigenvalue weighted by atomic mass is 35.5. The zero-order valence-corrected chi connectivity index (χ0v) is 16.3. The molecule has 1 aromatic heterocycles. The largest absolute Gasteiger partial charge is 0.369 e. The van der Waals surface area contributed by atoms with Crippen molar-refractivity contribution < 1.29 is 0 Å². The predicted octanol–water partition coefficient (Wildman–Crippen LogP) is 5.24. The molecule has 0 amide bonds. The number of benzene rings is 2. The number of piperidine rings is 1. The van der Waals surface area contributed by atoms with Crippen LogP contribution < -0.4 is 5.32 Å². The van der Waals surface area contributed by atoms with E-state index in [9.17, 15) is 0 Å². The summed E-state index contributed by atoms with van der Waals surface area (Å²) in [7, 11) is 0. The van der Waals surface area contributed by atoms with E-state index in [2.05, 4.69) is 16.3 Å². The van der Waals surface area contributed by atoms with E-state index in [0.29, 0.717) is 10.8 Å². The van der Waals surface area contributed by atoms with Crippen LogP contribution in [0.1, 0.15) is 25.7 Å². The van der Waals surface area contributed by atoms with Crippen molar-refractivity contribution in [1.82, 2.24) is 14.9 Å². The van der Waals surface area contributed by atoms with Crippen LogP contribution in [0.25, 0.3) is 22.3 Å². The number of rotatable bonds is 6. The Kier molecular flexibility index (Phi) is 5.85. The second-order valence-electron chi connectivity index (χ2n) is 7.08. The fraction of sp³-hybridized carbons (Fsp3) is 0.364. The molecule has 1 fully saturated rings. The number of nitrogens with zero attached hydrogens (tertiary/aromatic N) is 3. The molecule has 0 unspecified atom stereocenters. The molecule has 0 bridgehead atoms. The molecule has 5 heteroatoms. The smallest absolute Gasteiger partial charge is 0.163 e. The van der Waals surface area contributed by atoms with Crippen molar-refractivity contribution >= 4 is 28.3 Å². The summed E-state index contributed by atoms with van der Waals surface area (Å²) < 4.78 is 0. The maximum atomic E-state index is 6.37. The molecule has 1 aliphatic heterocycles. The SMILES string of the molecule is Clc1ccccc1-c1nc(NCCCN2CCCCC2)c2ccccc2n1. The second kappa shape index (κ2) is 8.68. The Morgan fingerprint density at radius 1 is 0.926 bits per heavy atom. The summed E-state index contributed by atoms with van der Waals surface area (Å²) in [6.07, 6.45) is 5.17. The van der Waals surface area contributed by atoms with Crippen LogP contribution in [0.2, 0.25) is 5.02 Å². The number of hydrogen-bond acceptors (Lipinski definition) is 4. The van der Waals surface area contributed by atoms with Gasteiger partial charge in [0.25, 0.3) is 0 Å². The molecule has 0 atom stereocenters. The summed E-state index contributed by atoms with van der Waals surface area (Å²) in [4.78, 5) is 12.1. The third-order valence-electron chi connectivity index (χ3n) is 5.11. The van der Waals surface area contributed by atoms with Crippen LogP contribution in [0, 0.1) is 0 Å². The average Bonchev–Trinajstić information content (AvgIpc) is 2.72. The van der Waals surface area contributed by atoms with E-state index in [0.717, 1.165) is 41.8 Å². The zero-order valence-electron chi connectivity index (χ0n) is 15.5. The van der Waals surface area contributed by atoms with Gasteiger partial charge in [-0.1, -0.05) is 42.3 Å². The Morgan fingerprint density at radius 2 is 1.70 bits per heavy atom. The fourth-order valence-corrected chi connectivity index (χ4v) is 3.89. The zero-order chi connectivity index (χ0) is 18.5. The molecular formula is C22H25ClN4. The van der Waals surface area contributed by atoms with Gasteiger partial charge < -0.3 is 10.2 Å². The fourth-order valence-electron chi connectivity index (χ4n) is 3.67. The summed E-state index contributed by atoms with van der Waals surface area (Å²) in [5, 5.41) is 5.25. The van der Waals surface area contributed by atoms with Gasteiger partial charge in [-0.3, -0.25) is 0 Å². The molecule has 1 saturated heterocycles. The lowest BCUT2D eigenvalue weighted by Crippen LogP contribution is -2.31. The first-order valence-electron chi connectivity index (χ1n) is 9.79. The van der Waals surface area contributed by atoms with Crippen molar-refractivity contribution in [3.05, 3.63) is 53.6 Å². The van der Waals surface area contributed by atoms with Crippen LogP contribution in [-0.4, -0.2) is 41.0 Å². The summed E-state index contributed by atoms with van der Waals surface area (Å²) in [5.41, 5.74) is 1.79. The Morgan fingerprint density at radius 3 is 2.56 bits per heavy atom. The van der Waals surface area contributed by atoms with Crippen LogP contribution in [-0.2, 0) is 0 Å². The number of likely N-dealkylation sites (tertiary alicyclic amines) is 1. The Bertz CT molecular complexity index is 906. The van der Waals surface area contributed by atoms with Gasteiger partial charge in [0.05, 0.1) is 10.5 Å². The Hall–Kier alpha value is -2.17. The molecule has 4 rings (SSSR count). The van der Waals surface area contributed by atoms with Gasteiger partial charge in [0.1, 0.15) is 5.82 Å². The molecule has 0 saturated carbocycles. The monoisotopic (exact) mass is 380 g/mol. The van der Waals surface area contributed by atoms with Gasteiger partial charge in [0.15, 0.2) is 5.82 Å². The van der Waals surface area contributed by atoms with Crippen molar-refractivity contribution in [2.45, 2.75) is 25.7 Å². The van der Waals surface area contributed by atoms with Crippen LogP contribution in [0.3, 0.4) is 0 Å². The summed E-state index contributed by atoms with van der Waals surface area (Å²) >= 11 is 6.37. The lowest BCUT2D eigenvalue weighted by Gasteiger charge is -2.26. The lowest BCUT2D eigenvalue weighted by atomic mass is 10.1. The highest BCUT2D eigenvalue weighted by molar-refractivity contribution is 6.33. The van der Waals surface area contributed by atoms with Crippen LogP contribution in [0.5, 0.6) is 0 Å². The summed E-state index contributed by atoms with van der Waals surface area (Å²) in [6.45, 7) is 4.53. The van der Waals surface area contributed by atoms with Gasteiger partial charge in [0.2, 0.25) is 0 Å². The molecule has 0 radical (unpaired) electrons. The second-order valence-corrected chi connectivity index (χ2v) is 7.48. The van der Waals surface area contributed by atoms with Gasteiger partial charge >= 0.3 is 0 Å². The number of para-hydroxylation sites is 1. The third kappa shape index (κ3) is 4.40. The normalized spacial score (nSPS) is 15.1. The first-order chi connectivity index (χ1) is 13.3. The molecule has 4 nitrogen and oxygen atoms in total. The minimum atomic E-state index is 0.665. The standard InChI is InChI=1S/C22H25ClN4/c23-19-11-4-2-9-17(19)22-25-20-12-5-3-10-18(20)21(26-22)24-13-8-16-27-14-6-1-7-15-27/h2-5,9-12H,1,6-8,13-16H2,(H,24,25,26). The minimum absolute atomic E-state index is 0.665. The Labute approximate surface area is 165 Å². The number of anilines is 1. The van der Waals surface area contributed by atoms with Crippen molar-refractivity contribution in [2.75, 3.05) is 31.5 Å². The predicted molar refractivity (Wildman–Crippen MR) is 113 cm³/mol. The van der Waals surface area contributed by atoms with Gasteiger partial charge in [-0.2, -0.15) is 0 Å². The molecule has 0 spiro atoms. The highest BCUT2D eigenvalue weighted by Crippen LogP contribution is 2.29. The molecule has 2 heterocycles. The van der Waals surface area contributed by atoms with E-state index in [4.69, 9.17) is 21.6 Å². The molecule has 1 N–H and O–H groups in total. The average molecular weight is 381 g/mol. The van der Waals surface area contributed by atoms with E-state index >= 15 is 0 Å². The number of fused-ring (bicyclic) bond motifs is 1. The number of aromatic nitrogens is 2. The third-order valence-corrected chi connectivity index (χ3v) is 5.44. The first kappa shape index (κ1) is 18.2. The molecule has 140 valence electrons. The molecule has 3 aromatic rings. The lowest BCUT2D eigenvalue weighted by molar-refractivity contribution is 0.228. The molecule has 2 aromatic carbocycles. The summed E-state index contributed by atoms with van der Waals surface area (Å²) in [5.74, 6) is 1.55. The van der Waals surface area contributed by atoms with Gasteiger partial charge in [-0.05, 0) is 63.2 Å². The Balaban J connectivity index is 1.53.